The van der Waals surface area contributed by atoms with Crippen molar-refractivity contribution in [1.82, 2.24) is 15.4 Å². The van der Waals surface area contributed by atoms with E-state index in [1.165, 1.54) is 10.6 Å². The Balaban J connectivity index is 1.36. The summed E-state index contributed by atoms with van der Waals surface area (Å²) in [4.78, 5) is 30.1. The number of ether oxygens (including phenoxy) is 1. The lowest BCUT2D eigenvalue weighted by atomic mass is 9.61. The molecular formula is C22H31N3O6. The lowest BCUT2D eigenvalue weighted by Crippen LogP contribution is -2.45. The number of aliphatic hydroxyl groups is 1. The highest BCUT2D eigenvalue weighted by molar-refractivity contribution is 5.87. The van der Waals surface area contributed by atoms with Crippen LogP contribution in [-0.2, 0) is 14.4 Å². The first kappa shape index (κ1) is 20.6. The molecule has 7 atom stereocenters. The van der Waals surface area contributed by atoms with E-state index in [1.807, 2.05) is 6.20 Å². The summed E-state index contributed by atoms with van der Waals surface area (Å²) < 4.78 is 6.35. The third kappa shape index (κ3) is 3.38. The second kappa shape index (κ2) is 7.41. The van der Waals surface area contributed by atoms with Crippen molar-refractivity contribution in [2.24, 2.45) is 23.2 Å². The third-order valence-corrected chi connectivity index (χ3v) is 7.62. The highest BCUT2D eigenvalue weighted by Crippen LogP contribution is 2.59. The fraction of sp³-hybridized carbons (Fsp3) is 0.727. The lowest BCUT2D eigenvalue weighted by Gasteiger charge is -2.41. The van der Waals surface area contributed by atoms with Crippen molar-refractivity contribution < 1.29 is 29.5 Å². The Labute approximate surface area is 181 Å². The maximum Gasteiger partial charge on any atom is 0.432 e. The monoisotopic (exact) mass is 433 g/mol. The van der Waals surface area contributed by atoms with Crippen molar-refractivity contribution >= 4 is 12.0 Å². The van der Waals surface area contributed by atoms with E-state index >= 15 is 0 Å². The molecule has 0 aromatic carbocycles. The van der Waals surface area contributed by atoms with Gasteiger partial charge in [0.05, 0.1) is 30.4 Å². The van der Waals surface area contributed by atoms with Crippen LogP contribution in [0, 0.1) is 23.2 Å². The van der Waals surface area contributed by atoms with Crippen molar-refractivity contribution in [2.45, 2.75) is 64.2 Å². The number of hydrogen-bond acceptors (Lipinski definition) is 7. The number of amides is 2. The van der Waals surface area contributed by atoms with Crippen LogP contribution in [0.5, 0.6) is 0 Å². The first-order valence-electron chi connectivity index (χ1n) is 11.3. The molecule has 9 nitrogen and oxygen atoms in total. The Hall–Kier alpha value is -2.26. The number of carbonyl (C=O) groups excluding carboxylic acids is 2. The molecule has 1 saturated heterocycles. The predicted molar refractivity (Wildman–Crippen MR) is 108 cm³/mol. The Morgan fingerprint density at radius 2 is 2.13 bits per heavy atom. The van der Waals surface area contributed by atoms with E-state index in [2.05, 4.69) is 18.3 Å². The van der Waals surface area contributed by atoms with Crippen LogP contribution in [0.4, 0.5) is 4.79 Å². The van der Waals surface area contributed by atoms with E-state index < -0.39 is 24.1 Å². The van der Waals surface area contributed by atoms with Gasteiger partial charge in [0.25, 0.3) is 5.91 Å². The number of hydroxylamine groups is 4. The average Bonchev–Trinajstić information content (AvgIpc) is 3.07. The van der Waals surface area contributed by atoms with Gasteiger partial charge >= 0.3 is 6.09 Å². The van der Waals surface area contributed by atoms with Crippen molar-refractivity contribution in [3.05, 3.63) is 23.6 Å². The first-order valence-corrected chi connectivity index (χ1v) is 11.3. The first-order chi connectivity index (χ1) is 14.8. The summed E-state index contributed by atoms with van der Waals surface area (Å²) in [5, 5.41) is 24.7. The fourth-order valence-corrected chi connectivity index (χ4v) is 6.28. The van der Waals surface area contributed by atoms with Gasteiger partial charge in [0, 0.05) is 24.5 Å². The Bertz CT molecular complexity index is 843. The molecule has 0 aromatic heterocycles. The van der Waals surface area contributed by atoms with Crippen LogP contribution in [0.2, 0.25) is 0 Å². The second-order valence-electron chi connectivity index (χ2n) is 9.97. The standard InChI is InChI=1S/C22H31N3O6/c1-12-3-4-17-22(9-12)5-6-24(11-14-7-15(26)8-16(30-17)18(14)22)31-21(28)23-19-13(2)10-25(29)20(19)27/h5-6,12-15,17,19,26,29H,3-4,7-11H2,1-2H3,(H,23,28)/t12?,13?,14-,15-,17-,19?,22?/m1/s1. The van der Waals surface area contributed by atoms with E-state index in [0.717, 1.165) is 25.0 Å². The molecule has 31 heavy (non-hydrogen) atoms. The van der Waals surface area contributed by atoms with Gasteiger partial charge in [-0.2, -0.15) is 0 Å². The summed E-state index contributed by atoms with van der Waals surface area (Å²) in [5.41, 5.74) is 1.06. The van der Waals surface area contributed by atoms with Crippen LogP contribution in [-0.4, -0.2) is 63.8 Å². The molecule has 5 aliphatic rings. The van der Waals surface area contributed by atoms with Gasteiger partial charge in [0.2, 0.25) is 0 Å². The van der Waals surface area contributed by atoms with Gasteiger partial charge in [-0.25, -0.2) is 14.9 Å². The number of rotatable bonds is 2. The summed E-state index contributed by atoms with van der Waals surface area (Å²) in [7, 11) is 0. The van der Waals surface area contributed by atoms with Crippen molar-refractivity contribution in [1.29, 1.82) is 0 Å². The minimum Gasteiger partial charge on any atom is -0.493 e. The molecular weight excluding hydrogens is 402 g/mol. The zero-order chi connectivity index (χ0) is 21.9. The van der Waals surface area contributed by atoms with Crippen LogP contribution in [0.1, 0.15) is 46.0 Å². The van der Waals surface area contributed by atoms with Crippen LogP contribution < -0.4 is 5.32 Å². The minimum atomic E-state index is -0.811. The molecule has 3 aliphatic heterocycles. The molecule has 170 valence electrons. The zero-order valence-electron chi connectivity index (χ0n) is 18.0. The number of hydrogen-bond donors (Lipinski definition) is 3. The molecule has 9 heteroatoms. The number of nitrogens with one attached hydrogen (secondary N) is 1. The molecule has 0 bridgehead atoms. The minimum absolute atomic E-state index is 0.0248. The molecule has 0 radical (unpaired) electrons. The van der Waals surface area contributed by atoms with E-state index in [1.54, 1.807) is 6.92 Å². The SMILES string of the molecule is CC1CC[C@H]2OC3=C4[C@H](C[C@@H](O)C3)CN(OC(=O)NC3C(=O)N(O)CC3C)C=CC42C1. The lowest BCUT2D eigenvalue weighted by molar-refractivity contribution is -0.158. The number of nitrogens with zero attached hydrogens (tertiary/aromatic N) is 2. The fourth-order valence-electron chi connectivity index (χ4n) is 6.28. The number of carbonyl (C=O) groups is 2. The highest BCUT2D eigenvalue weighted by atomic mass is 16.7. The smallest absolute Gasteiger partial charge is 0.432 e. The Kier molecular flexibility index (Phi) is 4.93. The van der Waals surface area contributed by atoms with E-state index in [0.29, 0.717) is 30.4 Å². The maximum atomic E-state index is 12.5. The summed E-state index contributed by atoms with van der Waals surface area (Å²) >= 11 is 0. The molecule has 1 saturated carbocycles. The van der Waals surface area contributed by atoms with Gasteiger partial charge in [0.1, 0.15) is 12.1 Å². The molecule has 1 spiro atoms. The van der Waals surface area contributed by atoms with Crippen molar-refractivity contribution in [2.75, 3.05) is 13.1 Å². The van der Waals surface area contributed by atoms with Crippen LogP contribution >= 0.6 is 0 Å². The van der Waals surface area contributed by atoms with Crippen LogP contribution in [0.3, 0.4) is 0 Å². The quantitative estimate of drug-likeness (QED) is 0.571. The average molecular weight is 434 g/mol. The van der Waals surface area contributed by atoms with E-state index in [-0.39, 0.29) is 29.9 Å². The predicted octanol–water partition coefficient (Wildman–Crippen LogP) is 1.92. The topological polar surface area (TPSA) is 112 Å². The van der Waals surface area contributed by atoms with Gasteiger partial charge in [0.15, 0.2) is 0 Å². The van der Waals surface area contributed by atoms with Crippen molar-refractivity contribution in [3.8, 4) is 0 Å². The van der Waals surface area contributed by atoms with Gasteiger partial charge in [-0.15, -0.1) is 0 Å². The summed E-state index contributed by atoms with van der Waals surface area (Å²) in [6, 6.07) is -0.811. The maximum absolute atomic E-state index is 12.5. The molecule has 2 fully saturated rings. The molecule has 2 aliphatic carbocycles. The van der Waals surface area contributed by atoms with Gasteiger partial charge in [-0.05, 0) is 37.2 Å². The second-order valence-corrected chi connectivity index (χ2v) is 9.97. The summed E-state index contributed by atoms with van der Waals surface area (Å²) in [5.74, 6) is 0.761. The Morgan fingerprint density at radius 3 is 2.87 bits per heavy atom. The molecule has 3 heterocycles. The zero-order valence-corrected chi connectivity index (χ0v) is 18.0. The molecule has 5 rings (SSSR count). The van der Waals surface area contributed by atoms with Gasteiger partial charge in [-0.1, -0.05) is 19.9 Å². The molecule has 2 amide bonds. The van der Waals surface area contributed by atoms with E-state index in [9.17, 15) is 19.9 Å². The van der Waals surface area contributed by atoms with Gasteiger partial charge in [-0.3, -0.25) is 10.0 Å². The summed E-state index contributed by atoms with van der Waals surface area (Å²) in [6.07, 6.45) is 7.03. The van der Waals surface area contributed by atoms with E-state index in [4.69, 9.17) is 9.57 Å². The van der Waals surface area contributed by atoms with Crippen LogP contribution in [0.25, 0.3) is 0 Å². The van der Waals surface area contributed by atoms with Crippen LogP contribution in [0.15, 0.2) is 23.6 Å². The highest BCUT2D eigenvalue weighted by Gasteiger charge is 2.56. The molecule has 0 aromatic rings. The third-order valence-electron chi connectivity index (χ3n) is 7.62. The number of aliphatic hydroxyl groups excluding tert-OH is 1. The largest absolute Gasteiger partial charge is 0.493 e. The molecule has 4 unspecified atom stereocenters. The molecule has 3 N–H and O–H groups in total. The van der Waals surface area contributed by atoms with Crippen molar-refractivity contribution in [3.63, 3.8) is 0 Å². The Morgan fingerprint density at radius 1 is 1.32 bits per heavy atom. The summed E-state index contributed by atoms with van der Waals surface area (Å²) in [6.45, 7) is 4.65. The normalized spacial score (nSPS) is 41.5. The van der Waals surface area contributed by atoms with Gasteiger partial charge < -0.3 is 20.0 Å².